The van der Waals surface area contributed by atoms with Gasteiger partial charge in [0.2, 0.25) is 5.91 Å². The van der Waals surface area contributed by atoms with Gasteiger partial charge in [-0.3, -0.25) is 4.79 Å². The Morgan fingerprint density at radius 3 is 2.78 bits per heavy atom. The van der Waals surface area contributed by atoms with E-state index in [0.717, 1.165) is 45.1 Å². The first-order valence-electron chi connectivity index (χ1n) is 7.44. The molecule has 5 unspecified atom stereocenters. The van der Waals surface area contributed by atoms with Gasteiger partial charge in [-0.2, -0.15) is 0 Å². The number of nitrogens with one attached hydrogen (secondary N) is 2. The highest BCUT2D eigenvalue weighted by atomic mass is 16.3. The Balaban J connectivity index is 1.44. The third-order valence-electron chi connectivity index (χ3n) is 4.96. The summed E-state index contributed by atoms with van der Waals surface area (Å²) in [6.07, 6.45) is 7.29. The summed E-state index contributed by atoms with van der Waals surface area (Å²) in [7, 11) is 0. The first-order chi connectivity index (χ1) is 8.72. The van der Waals surface area contributed by atoms with Gasteiger partial charge < -0.3 is 15.7 Å². The number of rotatable bonds is 3. The van der Waals surface area contributed by atoms with Gasteiger partial charge in [-0.05, 0) is 44.4 Å². The molecule has 4 heteroatoms. The van der Waals surface area contributed by atoms with E-state index in [4.69, 9.17) is 0 Å². The first-order valence-corrected chi connectivity index (χ1v) is 7.44. The monoisotopic (exact) mass is 252 g/mol. The SMILES string of the molecule is O=C(NCC1CCCC(O)C1)C1CC2CCC1N2. The molecule has 0 aromatic carbocycles. The summed E-state index contributed by atoms with van der Waals surface area (Å²) in [5.41, 5.74) is 0. The van der Waals surface area contributed by atoms with Crippen LogP contribution in [0, 0.1) is 11.8 Å². The zero-order valence-electron chi connectivity index (χ0n) is 10.9. The van der Waals surface area contributed by atoms with Gasteiger partial charge in [0.25, 0.3) is 0 Å². The summed E-state index contributed by atoms with van der Waals surface area (Å²) >= 11 is 0. The zero-order chi connectivity index (χ0) is 12.5. The van der Waals surface area contributed by atoms with E-state index in [1.54, 1.807) is 0 Å². The van der Waals surface area contributed by atoms with Gasteiger partial charge in [-0.1, -0.05) is 6.42 Å². The van der Waals surface area contributed by atoms with Crippen molar-refractivity contribution in [3.63, 3.8) is 0 Å². The summed E-state index contributed by atoms with van der Waals surface area (Å²) in [6.45, 7) is 0.754. The average molecular weight is 252 g/mol. The number of fused-ring (bicyclic) bond motifs is 2. The maximum absolute atomic E-state index is 12.1. The summed E-state index contributed by atoms with van der Waals surface area (Å²) in [6, 6.07) is 1.01. The molecule has 1 aliphatic carbocycles. The predicted molar refractivity (Wildman–Crippen MR) is 69.0 cm³/mol. The molecular formula is C14H24N2O2. The smallest absolute Gasteiger partial charge is 0.224 e. The van der Waals surface area contributed by atoms with Gasteiger partial charge in [-0.25, -0.2) is 0 Å². The lowest BCUT2D eigenvalue weighted by Crippen LogP contribution is -2.40. The number of aliphatic hydroxyl groups is 1. The number of aliphatic hydroxyl groups excluding tert-OH is 1. The van der Waals surface area contributed by atoms with Crippen LogP contribution in [0.5, 0.6) is 0 Å². The lowest BCUT2D eigenvalue weighted by atomic mass is 9.86. The van der Waals surface area contributed by atoms with E-state index < -0.39 is 0 Å². The van der Waals surface area contributed by atoms with E-state index in [0.29, 0.717) is 18.0 Å². The minimum Gasteiger partial charge on any atom is -0.393 e. The van der Waals surface area contributed by atoms with Crippen molar-refractivity contribution in [2.24, 2.45) is 11.8 Å². The minimum atomic E-state index is -0.148. The van der Waals surface area contributed by atoms with Crippen molar-refractivity contribution in [2.45, 2.75) is 63.1 Å². The Bertz CT molecular complexity index is 321. The molecule has 3 rings (SSSR count). The third-order valence-corrected chi connectivity index (χ3v) is 4.96. The van der Waals surface area contributed by atoms with Crippen molar-refractivity contribution in [1.82, 2.24) is 10.6 Å². The van der Waals surface area contributed by atoms with E-state index in [2.05, 4.69) is 10.6 Å². The van der Waals surface area contributed by atoms with E-state index in [1.165, 1.54) is 6.42 Å². The lowest BCUT2D eigenvalue weighted by Gasteiger charge is -2.27. The Hall–Kier alpha value is -0.610. The molecule has 2 saturated heterocycles. The van der Waals surface area contributed by atoms with Crippen LogP contribution in [0.4, 0.5) is 0 Å². The standard InChI is InChI=1S/C14H24N2O2/c17-11-3-1-2-9(6-11)8-15-14(18)12-7-10-4-5-13(12)16-10/h9-13,16-17H,1-8H2,(H,15,18). The Morgan fingerprint density at radius 2 is 2.11 bits per heavy atom. The molecule has 2 heterocycles. The molecule has 1 amide bonds. The van der Waals surface area contributed by atoms with Crippen LogP contribution in [0.25, 0.3) is 0 Å². The van der Waals surface area contributed by atoms with Crippen molar-refractivity contribution >= 4 is 5.91 Å². The fourth-order valence-corrected chi connectivity index (χ4v) is 3.94. The number of amides is 1. The Kier molecular flexibility index (Phi) is 3.57. The minimum absolute atomic E-state index is 0.148. The van der Waals surface area contributed by atoms with Gasteiger partial charge in [0.1, 0.15) is 0 Å². The van der Waals surface area contributed by atoms with Crippen LogP contribution < -0.4 is 10.6 Å². The van der Waals surface area contributed by atoms with E-state index in [9.17, 15) is 9.90 Å². The van der Waals surface area contributed by atoms with Crippen molar-refractivity contribution < 1.29 is 9.90 Å². The quantitative estimate of drug-likeness (QED) is 0.696. The number of hydrogen-bond donors (Lipinski definition) is 3. The number of carbonyl (C=O) groups excluding carboxylic acids is 1. The molecule has 0 spiro atoms. The molecule has 5 atom stereocenters. The fraction of sp³-hybridized carbons (Fsp3) is 0.929. The van der Waals surface area contributed by atoms with Gasteiger partial charge in [0.15, 0.2) is 0 Å². The molecule has 1 saturated carbocycles. The van der Waals surface area contributed by atoms with Crippen LogP contribution in [-0.2, 0) is 4.79 Å². The first kappa shape index (κ1) is 12.4. The van der Waals surface area contributed by atoms with Crippen molar-refractivity contribution in [3.8, 4) is 0 Å². The summed E-state index contributed by atoms with van der Waals surface area (Å²) < 4.78 is 0. The molecule has 3 fully saturated rings. The number of hydrogen-bond acceptors (Lipinski definition) is 3. The molecule has 0 aromatic heterocycles. The van der Waals surface area contributed by atoms with Gasteiger partial charge in [0, 0.05) is 18.6 Å². The average Bonchev–Trinajstić information content (AvgIpc) is 2.98. The van der Waals surface area contributed by atoms with Crippen molar-refractivity contribution in [1.29, 1.82) is 0 Å². The maximum Gasteiger partial charge on any atom is 0.224 e. The topological polar surface area (TPSA) is 61.4 Å². The van der Waals surface area contributed by atoms with Crippen LogP contribution in [-0.4, -0.2) is 35.7 Å². The maximum atomic E-state index is 12.1. The van der Waals surface area contributed by atoms with Crippen LogP contribution in [0.15, 0.2) is 0 Å². The second kappa shape index (κ2) is 5.17. The van der Waals surface area contributed by atoms with Gasteiger partial charge in [-0.15, -0.1) is 0 Å². The van der Waals surface area contributed by atoms with Gasteiger partial charge >= 0.3 is 0 Å². The summed E-state index contributed by atoms with van der Waals surface area (Å²) in [4.78, 5) is 12.1. The highest BCUT2D eigenvalue weighted by molar-refractivity contribution is 5.80. The molecule has 4 nitrogen and oxygen atoms in total. The van der Waals surface area contributed by atoms with Crippen LogP contribution in [0.1, 0.15) is 44.9 Å². The van der Waals surface area contributed by atoms with E-state index in [1.807, 2.05) is 0 Å². The molecule has 102 valence electrons. The summed E-state index contributed by atoms with van der Waals surface area (Å²) in [5.74, 6) is 0.899. The largest absolute Gasteiger partial charge is 0.393 e. The molecule has 3 N–H and O–H groups in total. The van der Waals surface area contributed by atoms with Crippen LogP contribution in [0.3, 0.4) is 0 Å². The predicted octanol–water partition coefficient (Wildman–Crippen LogP) is 0.794. The number of carbonyl (C=O) groups is 1. The molecule has 3 aliphatic rings. The fourth-order valence-electron chi connectivity index (χ4n) is 3.94. The second-order valence-corrected chi connectivity index (χ2v) is 6.32. The zero-order valence-corrected chi connectivity index (χ0v) is 10.9. The molecule has 2 aliphatic heterocycles. The van der Waals surface area contributed by atoms with E-state index >= 15 is 0 Å². The Labute approximate surface area is 109 Å². The Morgan fingerprint density at radius 1 is 1.22 bits per heavy atom. The molecule has 0 aromatic rings. The molecular weight excluding hydrogens is 228 g/mol. The second-order valence-electron chi connectivity index (χ2n) is 6.32. The van der Waals surface area contributed by atoms with Crippen LogP contribution in [0.2, 0.25) is 0 Å². The normalized spacial score (nSPS) is 43.1. The van der Waals surface area contributed by atoms with Crippen molar-refractivity contribution in [3.05, 3.63) is 0 Å². The van der Waals surface area contributed by atoms with E-state index in [-0.39, 0.29) is 17.9 Å². The third kappa shape index (κ3) is 2.54. The van der Waals surface area contributed by atoms with Gasteiger partial charge in [0.05, 0.1) is 12.0 Å². The molecule has 2 bridgehead atoms. The molecule has 18 heavy (non-hydrogen) atoms. The lowest BCUT2D eigenvalue weighted by molar-refractivity contribution is -0.125. The highest BCUT2D eigenvalue weighted by Gasteiger charge is 2.42. The highest BCUT2D eigenvalue weighted by Crippen LogP contribution is 2.33. The summed E-state index contributed by atoms with van der Waals surface area (Å²) in [5, 5.41) is 16.2. The van der Waals surface area contributed by atoms with Crippen LogP contribution >= 0.6 is 0 Å². The molecule has 0 radical (unpaired) electrons. The van der Waals surface area contributed by atoms with Crippen molar-refractivity contribution in [2.75, 3.05) is 6.54 Å².